The summed E-state index contributed by atoms with van der Waals surface area (Å²) >= 11 is 0. The van der Waals surface area contributed by atoms with Crippen molar-refractivity contribution in [3.05, 3.63) is 66.7 Å². The van der Waals surface area contributed by atoms with Crippen LogP contribution >= 0.6 is 0 Å². The van der Waals surface area contributed by atoms with Crippen LogP contribution in [0.25, 0.3) is 5.57 Å². The number of hydrogen-bond donors (Lipinski definition) is 2. The van der Waals surface area contributed by atoms with Gasteiger partial charge in [-0.15, -0.1) is 0 Å². The molecule has 0 amide bonds. The summed E-state index contributed by atoms with van der Waals surface area (Å²) in [5.74, 6) is -1.29. The van der Waals surface area contributed by atoms with Crippen molar-refractivity contribution >= 4 is 27.3 Å². The highest BCUT2D eigenvalue weighted by molar-refractivity contribution is 7.93. The molecular formula is C17H16N2O4S. The second-order valence-corrected chi connectivity index (χ2v) is 7.28. The third-order valence-electron chi connectivity index (χ3n) is 4.02. The van der Waals surface area contributed by atoms with Crippen LogP contribution in [-0.2, 0) is 14.8 Å². The molecule has 7 heteroatoms. The molecular weight excluding hydrogens is 328 g/mol. The number of nitrogens with zero attached hydrogens (tertiary/aromatic N) is 1. The normalized spacial score (nSPS) is 18.3. The van der Waals surface area contributed by atoms with Gasteiger partial charge >= 0.3 is 5.97 Å². The van der Waals surface area contributed by atoms with Gasteiger partial charge in [-0.3, -0.25) is 9.10 Å². The Balaban J connectivity index is 2.22. The molecule has 2 aromatic rings. The molecule has 2 atom stereocenters. The first kappa shape index (κ1) is 16.2. The Bertz CT molecular complexity index is 909. The zero-order valence-corrected chi connectivity index (χ0v) is 13.5. The van der Waals surface area contributed by atoms with Gasteiger partial charge in [0.05, 0.1) is 16.6 Å². The Kier molecular flexibility index (Phi) is 3.90. The minimum absolute atomic E-state index is 0.0668. The summed E-state index contributed by atoms with van der Waals surface area (Å²) in [6.45, 7) is 3.89. The fourth-order valence-electron chi connectivity index (χ4n) is 2.87. The number of aliphatic carboxylic acids is 1. The van der Waals surface area contributed by atoms with Gasteiger partial charge in [0.1, 0.15) is 6.04 Å². The highest BCUT2D eigenvalue weighted by atomic mass is 32.2. The first-order chi connectivity index (χ1) is 11.4. The summed E-state index contributed by atoms with van der Waals surface area (Å²) in [4.78, 5) is 11.5. The van der Waals surface area contributed by atoms with E-state index in [2.05, 4.69) is 6.58 Å². The Morgan fingerprint density at radius 1 is 1.12 bits per heavy atom. The lowest BCUT2D eigenvalue weighted by molar-refractivity contribution is -0.138. The number of hydrogen-bond acceptors (Lipinski definition) is 4. The molecule has 1 aliphatic rings. The zero-order valence-electron chi connectivity index (χ0n) is 12.7. The van der Waals surface area contributed by atoms with Crippen LogP contribution in [-0.4, -0.2) is 31.6 Å². The van der Waals surface area contributed by atoms with E-state index in [0.717, 1.165) is 4.31 Å². The Morgan fingerprint density at radius 2 is 1.71 bits per heavy atom. The van der Waals surface area contributed by atoms with E-state index in [0.29, 0.717) is 16.8 Å². The summed E-state index contributed by atoms with van der Waals surface area (Å²) in [6, 6.07) is 12.1. The summed E-state index contributed by atoms with van der Waals surface area (Å²) in [7, 11) is -3.98. The first-order valence-electron chi connectivity index (χ1n) is 7.22. The van der Waals surface area contributed by atoms with Crippen LogP contribution in [0, 0.1) is 0 Å². The highest BCUT2D eigenvalue weighted by Gasteiger charge is 2.45. The third-order valence-corrected chi connectivity index (χ3v) is 5.83. The van der Waals surface area contributed by atoms with Crippen LogP contribution in [0.5, 0.6) is 0 Å². The van der Waals surface area contributed by atoms with Crippen LogP contribution in [0.3, 0.4) is 0 Å². The Labute approximate surface area is 139 Å². The van der Waals surface area contributed by atoms with Crippen molar-refractivity contribution in [2.24, 2.45) is 5.73 Å². The maximum Gasteiger partial charge on any atom is 0.323 e. The minimum Gasteiger partial charge on any atom is -0.480 e. The number of benzene rings is 2. The van der Waals surface area contributed by atoms with E-state index in [-0.39, 0.29) is 4.90 Å². The summed E-state index contributed by atoms with van der Waals surface area (Å²) < 4.78 is 27.3. The Morgan fingerprint density at radius 3 is 2.33 bits per heavy atom. The van der Waals surface area contributed by atoms with Crippen LogP contribution in [0.1, 0.15) is 5.56 Å². The number of fused-ring (bicyclic) bond motifs is 1. The van der Waals surface area contributed by atoms with Crippen molar-refractivity contribution in [1.82, 2.24) is 0 Å². The maximum atomic E-state index is 13.1. The largest absolute Gasteiger partial charge is 0.480 e. The predicted molar refractivity (Wildman–Crippen MR) is 91.0 cm³/mol. The van der Waals surface area contributed by atoms with Gasteiger partial charge in [0, 0.05) is 5.56 Å². The van der Waals surface area contributed by atoms with Gasteiger partial charge in [-0.1, -0.05) is 43.0 Å². The molecule has 1 heterocycles. The fraction of sp³-hybridized carbons (Fsp3) is 0.118. The molecule has 24 heavy (non-hydrogen) atoms. The number of anilines is 1. The second-order valence-electron chi connectivity index (χ2n) is 5.47. The van der Waals surface area contributed by atoms with Crippen LogP contribution < -0.4 is 10.0 Å². The van der Waals surface area contributed by atoms with Crippen LogP contribution in [0.15, 0.2) is 66.1 Å². The lowest BCUT2D eigenvalue weighted by Gasteiger charge is -2.29. The van der Waals surface area contributed by atoms with Crippen molar-refractivity contribution in [2.75, 3.05) is 4.31 Å². The molecule has 0 saturated heterocycles. The van der Waals surface area contributed by atoms with Crippen molar-refractivity contribution in [3.63, 3.8) is 0 Å². The van der Waals surface area contributed by atoms with Gasteiger partial charge in [-0.05, 0) is 23.8 Å². The predicted octanol–water partition coefficient (Wildman–Crippen LogP) is 1.69. The van der Waals surface area contributed by atoms with Crippen molar-refractivity contribution in [3.8, 4) is 0 Å². The van der Waals surface area contributed by atoms with Gasteiger partial charge in [-0.25, -0.2) is 8.42 Å². The second kappa shape index (κ2) is 5.77. The lowest BCUT2D eigenvalue weighted by atomic mass is 9.99. The molecule has 1 aliphatic heterocycles. The van der Waals surface area contributed by atoms with E-state index in [4.69, 9.17) is 5.73 Å². The van der Waals surface area contributed by atoms with Gasteiger partial charge < -0.3 is 10.8 Å². The molecule has 0 aliphatic carbocycles. The van der Waals surface area contributed by atoms with E-state index >= 15 is 0 Å². The quantitative estimate of drug-likeness (QED) is 0.879. The van der Waals surface area contributed by atoms with Crippen molar-refractivity contribution < 1.29 is 18.3 Å². The molecule has 3 rings (SSSR count). The number of rotatable bonds is 4. The van der Waals surface area contributed by atoms with Gasteiger partial charge in [0.25, 0.3) is 10.0 Å². The average Bonchev–Trinajstić information content (AvgIpc) is 2.88. The number of sulfonamides is 1. The number of nitrogens with two attached hydrogens (primary N) is 1. The maximum absolute atomic E-state index is 13.1. The SMILES string of the molecule is C=C1c2ccccc2N(S(=O)(=O)c2ccccc2)C1[C@H](N)C(=O)O. The smallest absolute Gasteiger partial charge is 0.323 e. The molecule has 0 spiro atoms. The molecule has 3 N–H and O–H groups in total. The van der Waals surface area contributed by atoms with Crippen molar-refractivity contribution in [2.45, 2.75) is 17.0 Å². The van der Waals surface area contributed by atoms with Gasteiger partial charge in [0.2, 0.25) is 0 Å². The Hall–Kier alpha value is -2.64. The average molecular weight is 344 g/mol. The van der Waals surface area contributed by atoms with Gasteiger partial charge in [0.15, 0.2) is 0 Å². The standard InChI is InChI=1S/C17H16N2O4S/c1-11-13-9-5-6-10-14(13)19(16(11)15(18)17(20)21)24(22,23)12-7-3-2-4-8-12/h2-10,15-16H,1,18H2,(H,20,21)/t15-,16?/m0/s1. The number of para-hydroxylation sites is 1. The summed E-state index contributed by atoms with van der Waals surface area (Å²) in [6.07, 6.45) is 0. The molecule has 0 radical (unpaired) electrons. The molecule has 2 aromatic carbocycles. The van der Waals surface area contributed by atoms with Crippen LogP contribution in [0.4, 0.5) is 5.69 Å². The van der Waals surface area contributed by atoms with Crippen LogP contribution in [0.2, 0.25) is 0 Å². The topological polar surface area (TPSA) is 101 Å². The number of carboxylic acids is 1. The number of carbonyl (C=O) groups is 1. The summed E-state index contributed by atoms with van der Waals surface area (Å²) in [5, 5.41) is 9.31. The van der Waals surface area contributed by atoms with Gasteiger partial charge in [-0.2, -0.15) is 0 Å². The van der Waals surface area contributed by atoms with E-state index in [9.17, 15) is 18.3 Å². The monoisotopic (exact) mass is 344 g/mol. The third kappa shape index (κ3) is 2.38. The van der Waals surface area contributed by atoms with E-state index in [1.165, 1.54) is 12.1 Å². The highest BCUT2D eigenvalue weighted by Crippen LogP contribution is 2.43. The zero-order chi connectivity index (χ0) is 17.5. The number of carboxylic acid groups (broad SMARTS) is 1. The first-order valence-corrected chi connectivity index (χ1v) is 8.66. The molecule has 0 fully saturated rings. The van der Waals surface area contributed by atoms with E-state index < -0.39 is 28.1 Å². The minimum atomic E-state index is -3.98. The molecule has 0 saturated carbocycles. The van der Waals surface area contributed by atoms with E-state index in [1.54, 1.807) is 42.5 Å². The molecule has 0 bridgehead atoms. The molecule has 0 aromatic heterocycles. The van der Waals surface area contributed by atoms with Crippen molar-refractivity contribution in [1.29, 1.82) is 0 Å². The molecule has 124 valence electrons. The lowest BCUT2D eigenvalue weighted by Crippen LogP contribution is -2.52. The summed E-state index contributed by atoms with van der Waals surface area (Å²) in [5.41, 5.74) is 7.13. The molecule has 1 unspecified atom stereocenters. The van der Waals surface area contributed by atoms with E-state index in [1.807, 2.05) is 0 Å². The molecule has 6 nitrogen and oxygen atoms in total. The fourth-order valence-corrected chi connectivity index (χ4v) is 4.57.